The predicted octanol–water partition coefficient (Wildman–Crippen LogP) is 2.19. The molecular formula is C17H19N3O5S. The van der Waals surface area contributed by atoms with E-state index >= 15 is 0 Å². The van der Waals surface area contributed by atoms with E-state index in [9.17, 15) is 14.4 Å². The first kappa shape index (κ1) is 18.1. The summed E-state index contributed by atoms with van der Waals surface area (Å²) in [6.07, 6.45) is 2.67. The van der Waals surface area contributed by atoms with Gasteiger partial charge in [0.2, 0.25) is 0 Å². The first-order valence-electron chi connectivity index (χ1n) is 8.21. The Kier molecular flexibility index (Phi) is 5.08. The minimum atomic E-state index is -0.590. The van der Waals surface area contributed by atoms with E-state index in [1.54, 1.807) is 14.0 Å². The average Bonchev–Trinajstić information content (AvgIpc) is 3.28. The van der Waals surface area contributed by atoms with Crippen molar-refractivity contribution in [3.8, 4) is 0 Å². The summed E-state index contributed by atoms with van der Waals surface area (Å²) in [5, 5.41) is 7.23. The van der Waals surface area contributed by atoms with Crippen LogP contribution in [-0.2, 0) is 29.4 Å². The van der Waals surface area contributed by atoms with Gasteiger partial charge < -0.3 is 14.8 Å². The molecule has 2 aromatic rings. The Bertz CT molecular complexity index is 883. The zero-order valence-electron chi connectivity index (χ0n) is 14.7. The number of ether oxygens (including phenoxy) is 2. The Labute approximate surface area is 154 Å². The third-order valence-corrected chi connectivity index (χ3v) is 5.34. The average molecular weight is 377 g/mol. The summed E-state index contributed by atoms with van der Waals surface area (Å²) in [5.41, 5.74) is 1.62. The number of methoxy groups -OCH3 is 1. The van der Waals surface area contributed by atoms with Crippen molar-refractivity contribution < 1.29 is 23.9 Å². The largest absolute Gasteiger partial charge is 0.465 e. The molecule has 0 saturated heterocycles. The molecule has 1 aliphatic rings. The number of rotatable bonds is 5. The second-order valence-corrected chi connectivity index (χ2v) is 6.87. The summed E-state index contributed by atoms with van der Waals surface area (Å²) >= 11 is 1.39. The lowest BCUT2D eigenvalue weighted by Crippen LogP contribution is -2.17. The van der Waals surface area contributed by atoms with Gasteiger partial charge in [0.1, 0.15) is 10.7 Å². The smallest absolute Gasteiger partial charge is 0.358 e. The molecule has 0 bridgehead atoms. The van der Waals surface area contributed by atoms with Gasteiger partial charge in [-0.25, -0.2) is 9.59 Å². The van der Waals surface area contributed by atoms with Crippen LogP contribution in [0.1, 0.15) is 55.1 Å². The molecule has 3 rings (SSSR count). The number of thiophene rings is 1. The fourth-order valence-corrected chi connectivity index (χ4v) is 4.23. The third-order valence-electron chi connectivity index (χ3n) is 4.13. The lowest BCUT2D eigenvalue weighted by atomic mass is 10.1. The van der Waals surface area contributed by atoms with Gasteiger partial charge in [0, 0.05) is 18.0 Å². The number of nitrogens with one attached hydrogen (secondary N) is 1. The van der Waals surface area contributed by atoms with Crippen LogP contribution in [0.4, 0.5) is 5.00 Å². The Morgan fingerprint density at radius 1 is 1.31 bits per heavy atom. The summed E-state index contributed by atoms with van der Waals surface area (Å²) in [6, 6.07) is 1.37. The Hall–Kier alpha value is -2.68. The van der Waals surface area contributed by atoms with E-state index in [1.165, 1.54) is 29.2 Å². The minimum absolute atomic E-state index is 0.0568. The van der Waals surface area contributed by atoms with Crippen LogP contribution in [-0.4, -0.2) is 41.3 Å². The van der Waals surface area contributed by atoms with Crippen molar-refractivity contribution in [1.29, 1.82) is 0 Å². The molecule has 0 spiro atoms. The lowest BCUT2D eigenvalue weighted by Gasteiger charge is -2.07. The molecule has 1 amide bonds. The maximum Gasteiger partial charge on any atom is 0.358 e. The Morgan fingerprint density at radius 3 is 2.77 bits per heavy atom. The predicted molar refractivity (Wildman–Crippen MR) is 94.8 cm³/mol. The molecule has 2 heterocycles. The molecule has 1 aliphatic carbocycles. The van der Waals surface area contributed by atoms with Crippen LogP contribution in [0, 0.1) is 0 Å². The van der Waals surface area contributed by atoms with E-state index in [1.807, 2.05) is 0 Å². The highest BCUT2D eigenvalue weighted by atomic mass is 32.1. The molecule has 0 aliphatic heterocycles. The molecule has 0 atom stereocenters. The van der Waals surface area contributed by atoms with Crippen molar-refractivity contribution in [1.82, 2.24) is 9.78 Å². The summed E-state index contributed by atoms with van der Waals surface area (Å²) in [6.45, 7) is 1.92. The Morgan fingerprint density at radius 2 is 2.08 bits per heavy atom. The SMILES string of the molecule is CCOC(=O)c1cc(C(=O)Nc2sc3c(c2C(=O)OC)CCC3)n(C)n1. The quantitative estimate of drug-likeness (QED) is 0.802. The number of nitrogens with zero attached hydrogens (tertiary/aromatic N) is 2. The number of anilines is 1. The van der Waals surface area contributed by atoms with Crippen LogP contribution in [0.25, 0.3) is 0 Å². The monoisotopic (exact) mass is 377 g/mol. The Balaban J connectivity index is 1.87. The van der Waals surface area contributed by atoms with Crippen LogP contribution >= 0.6 is 11.3 Å². The maximum atomic E-state index is 12.6. The van der Waals surface area contributed by atoms with Gasteiger partial charge in [-0.1, -0.05) is 0 Å². The number of carbonyl (C=O) groups excluding carboxylic acids is 3. The molecule has 0 radical (unpaired) electrons. The van der Waals surface area contributed by atoms with E-state index < -0.39 is 17.8 Å². The van der Waals surface area contributed by atoms with E-state index in [2.05, 4.69) is 10.4 Å². The summed E-state index contributed by atoms with van der Waals surface area (Å²) < 4.78 is 11.1. The van der Waals surface area contributed by atoms with Crippen LogP contribution in [0.15, 0.2) is 6.07 Å². The highest BCUT2D eigenvalue weighted by Crippen LogP contribution is 2.39. The molecule has 138 valence electrons. The number of carbonyl (C=O) groups is 3. The molecule has 1 N–H and O–H groups in total. The van der Waals surface area contributed by atoms with E-state index in [0.717, 1.165) is 29.7 Å². The molecular weight excluding hydrogens is 358 g/mol. The van der Waals surface area contributed by atoms with Crippen LogP contribution in [0.2, 0.25) is 0 Å². The summed E-state index contributed by atoms with van der Waals surface area (Å²) in [4.78, 5) is 37.7. The van der Waals surface area contributed by atoms with Crippen molar-refractivity contribution in [3.63, 3.8) is 0 Å². The molecule has 0 aromatic carbocycles. The topological polar surface area (TPSA) is 99.5 Å². The van der Waals surface area contributed by atoms with Crippen molar-refractivity contribution >= 4 is 34.2 Å². The molecule has 0 fully saturated rings. The van der Waals surface area contributed by atoms with Crippen molar-refractivity contribution in [3.05, 3.63) is 33.5 Å². The summed E-state index contributed by atoms with van der Waals surface area (Å²) in [7, 11) is 2.88. The standard InChI is InChI=1S/C17H19N3O5S/c1-4-25-16(22)10-8-11(20(2)19-10)14(21)18-15-13(17(23)24-3)9-6-5-7-12(9)26-15/h8H,4-7H2,1-3H3,(H,18,21). The molecule has 8 nitrogen and oxygen atoms in total. The first-order valence-corrected chi connectivity index (χ1v) is 9.03. The van der Waals surface area contributed by atoms with Gasteiger partial charge >= 0.3 is 11.9 Å². The lowest BCUT2D eigenvalue weighted by molar-refractivity contribution is 0.0517. The zero-order chi connectivity index (χ0) is 18.8. The number of aryl methyl sites for hydroxylation is 2. The highest BCUT2D eigenvalue weighted by molar-refractivity contribution is 7.17. The third kappa shape index (κ3) is 3.22. The van der Waals surface area contributed by atoms with Gasteiger partial charge in [0.25, 0.3) is 5.91 Å². The van der Waals surface area contributed by atoms with Crippen molar-refractivity contribution in [2.24, 2.45) is 7.05 Å². The van der Waals surface area contributed by atoms with Gasteiger partial charge in [0.05, 0.1) is 19.3 Å². The van der Waals surface area contributed by atoms with Gasteiger partial charge in [-0.2, -0.15) is 5.10 Å². The van der Waals surface area contributed by atoms with Crippen molar-refractivity contribution in [2.45, 2.75) is 26.2 Å². The van der Waals surface area contributed by atoms with E-state index in [4.69, 9.17) is 9.47 Å². The molecule has 2 aromatic heterocycles. The fourth-order valence-electron chi connectivity index (χ4n) is 2.96. The number of hydrogen-bond donors (Lipinski definition) is 1. The number of hydrogen-bond acceptors (Lipinski definition) is 7. The van der Waals surface area contributed by atoms with Crippen LogP contribution in [0.3, 0.4) is 0 Å². The van der Waals surface area contributed by atoms with Crippen molar-refractivity contribution in [2.75, 3.05) is 19.0 Å². The van der Waals surface area contributed by atoms with E-state index in [-0.39, 0.29) is 18.0 Å². The summed E-state index contributed by atoms with van der Waals surface area (Å²) in [5.74, 6) is -1.51. The van der Waals surface area contributed by atoms with Crippen LogP contribution < -0.4 is 5.32 Å². The highest BCUT2D eigenvalue weighted by Gasteiger charge is 2.29. The molecule has 9 heteroatoms. The maximum absolute atomic E-state index is 12.6. The number of fused-ring (bicyclic) bond motifs is 1. The van der Waals surface area contributed by atoms with E-state index in [0.29, 0.717) is 10.6 Å². The van der Waals surface area contributed by atoms with Gasteiger partial charge in [0.15, 0.2) is 5.69 Å². The zero-order valence-corrected chi connectivity index (χ0v) is 15.6. The minimum Gasteiger partial charge on any atom is -0.465 e. The van der Waals surface area contributed by atoms with Gasteiger partial charge in [-0.3, -0.25) is 9.48 Å². The first-order chi connectivity index (χ1) is 12.5. The second kappa shape index (κ2) is 7.28. The number of aromatic nitrogens is 2. The second-order valence-electron chi connectivity index (χ2n) is 5.77. The van der Waals surface area contributed by atoms with Gasteiger partial charge in [-0.15, -0.1) is 11.3 Å². The molecule has 26 heavy (non-hydrogen) atoms. The number of amides is 1. The van der Waals surface area contributed by atoms with Gasteiger partial charge in [-0.05, 0) is 31.7 Å². The van der Waals surface area contributed by atoms with Crippen LogP contribution in [0.5, 0.6) is 0 Å². The molecule has 0 saturated carbocycles. The molecule has 0 unspecified atom stereocenters. The normalized spacial score (nSPS) is 12.6. The number of esters is 2. The fraction of sp³-hybridized carbons (Fsp3) is 0.412.